The van der Waals surface area contributed by atoms with Crippen LogP contribution < -0.4 is 10.2 Å². The second-order valence-electron chi connectivity index (χ2n) is 9.42. The van der Waals surface area contributed by atoms with Crippen molar-refractivity contribution in [3.63, 3.8) is 0 Å². The summed E-state index contributed by atoms with van der Waals surface area (Å²) in [5.41, 5.74) is 1.23. The number of aryl methyl sites for hydroxylation is 2. The Hall–Kier alpha value is -1.78. The Morgan fingerprint density at radius 2 is 1.81 bits per heavy atom. The normalized spacial score (nSPS) is 26.8. The van der Waals surface area contributed by atoms with Gasteiger partial charge in [-0.15, -0.1) is 11.3 Å². The van der Waals surface area contributed by atoms with Gasteiger partial charge in [0.25, 0.3) is 0 Å². The van der Waals surface area contributed by atoms with Gasteiger partial charge in [-0.1, -0.05) is 0 Å². The lowest BCUT2D eigenvalue weighted by atomic mass is 9.95. The molecule has 0 bridgehead atoms. The molecular weight excluding hydrogens is 446 g/mol. The highest BCUT2D eigenvalue weighted by Crippen LogP contribution is 2.35. The molecule has 2 unspecified atom stereocenters. The Morgan fingerprint density at radius 3 is 2.53 bits per heavy atom. The average Bonchev–Trinajstić information content (AvgIpc) is 3.47. The Kier molecular flexibility index (Phi) is 5.88. The van der Waals surface area contributed by atoms with Crippen molar-refractivity contribution in [2.45, 2.75) is 51.6 Å². The lowest BCUT2D eigenvalue weighted by Gasteiger charge is -2.34. The number of hydrogen-bond donors (Lipinski definition) is 1. The molecule has 174 valence electrons. The van der Waals surface area contributed by atoms with Crippen LogP contribution in [0, 0.1) is 19.8 Å². The molecule has 10 heteroatoms. The number of nitrogens with zero attached hydrogens (tertiary/aromatic N) is 4. The third-order valence-corrected chi connectivity index (χ3v) is 10.2. The Bertz CT molecular complexity index is 1120. The topological polar surface area (TPSA) is 95.5 Å². The summed E-state index contributed by atoms with van der Waals surface area (Å²) in [6.07, 6.45) is 5.33. The van der Waals surface area contributed by atoms with Crippen molar-refractivity contribution in [2.24, 2.45) is 5.92 Å². The summed E-state index contributed by atoms with van der Waals surface area (Å²) in [5, 5.41) is 4.25. The molecular formula is C22H31N5O3S2. The summed E-state index contributed by atoms with van der Waals surface area (Å²) >= 11 is 1.70. The molecule has 2 atom stereocenters. The predicted molar refractivity (Wildman–Crippen MR) is 127 cm³/mol. The zero-order valence-corrected chi connectivity index (χ0v) is 20.3. The van der Waals surface area contributed by atoms with Crippen LogP contribution in [0.3, 0.4) is 0 Å². The monoisotopic (exact) mass is 477 g/mol. The number of sulfone groups is 1. The molecule has 3 aliphatic heterocycles. The number of thiophene rings is 1. The number of rotatable bonds is 4. The molecule has 0 radical (unpaired) electrons. The van der Waals surface area contributed by atoms with Gasteiger partial charge in [0.2, 0.25) is 5.91 Å². The van der Waals surface area contributed by atoms with Gasteiger partial charge in [0.1, 0.15) is 17.0 Å². The number of aromatic nitrogens is 2. The molecule has 0 aliphatic carbocycles. The van der Waals surface area contributed by atoms with Gasteiger partial charge in [0.15, 0.2) is 9.84 Å². The number of fused-ring (bicyclic) bond motifs is 1. The number of anilines is 1. The van der Waals surface area contributed by atoms with Crippen LogP contribution in [-0.4, -0.2) is 79.0 Å². The summed E-state index contributed by atoms with van der Waals surface area (Å²) in [6.45, 7) is 7.61. The standard InChI is InChI=1S/C22H31N5O3S2/c1-14-15(2)31-22-19(14)20(23-13-24-22)27-9-5-16(6-10-27)21(28)25-17-11-32(29,30)12-18(17)26-7-3-4-8-26/h13,16-18H,3-12H2,1-2H3,(H,25,28). The zero-order valence-electron chi connectivity index (χ0n) is 18.7. The molecule has 3 aliphatic rings. The average molecular weight is 478 g/mol. The van der Waals surface area contributed by atoms with Gasteiger partial charge in [0.05, 0.1) is 22.9 Å². The maximum atomic E-state index is 13.1. The second kappa shape index (κ2) is 8.53. The fourth-order valence-corrected chi connectivity index (χ4v) is 8.40. The molecule has 2 aromatic heterocycles. The van der Waals surface area contributed by atoms with Gasteiger partial charge in [-0.3, -0.25) is 9.69 Å². The minimum atomic E-state index is -3.10. The van der Waals surface area contributed by atoms with Gasteiger partial charge in [-0.05, 0) is 58.2 Å². The third-order valence-electron chi connectivity index (χ3n) is 7.37. The second-order valence-corrected chi connectivity index (χ2v) is 12.8. The molecule has 8 nitrogen and oxygen atoms in total. The van der Waals surface area contributed by atoms with Crippen molar-refractivity contribution in [3.8, 4) is 0 Å². The van der Waals surface area contributed by atoms with Crippen molar-refractivity contribution < 1.29 is 13.2 Å². The molecule has 3 fully saturated rings. The van der Waals surface area contributed by atoms with E-state index in [-0.39, 0.29) is 35.4 Å². The molecule has 0 spiro atoms. The van der Waals surface area contributed by atoms with Crippen LogP contribution in [0.15, 0.2) is 6.33 Å². The van der Waals surface area contributed by atoms with E-state index in [1.165, 1.54) is 10.4 Å². The Labute approximate surface area is 193 Å². The van der Waals surface area contributed by atoms with E-state index in [2.05, 4.69) is 38.9 Å². The van der Waals surface area contributed by atoms with Gasteiger partial charge in [-0.2, -0.15) is 0 Å². The van der Waals surface area contributed by atoms with Crippen molar-refractivity contribution >= 4 is 43.1 Å². The molecule has 5 heterocycles. The number of likely N-dealkylation sites (tertiary alicyclic amines) is 1. The van der Waals surface area contributed by atoms with Gasteiger partial charge in [0, 0.05) is 29.9 Å². The predicted octanol–water partition coefficient (Wildman–Crippen LogP) is 1.90. The van der Waals surface area contributed by atoms with Crippen molar-refractivity contribution in [1.29, 1.82) is 0 Å². The first-order valence-electron chi connectivity index (χ1n) is 11.5. The maximum absolute atomic E-state index is 13.1. The van der Waals surface area contributed by atoms with Crippen LogP contribution in [0.2, 0.25) is 0 Å². The van der Waals surface area contributed by atoms with E-state index < -0.39 is 9.84 Å². The van der Waals surface area contributed by atoms with E-state index in [1.54, 1.807) is 17.7 Å². The fraction of sp³-hybridized carbons (Fsp3) is 0.682. The number of nitrogens with one attached hydrogen (secondary N) is 1. The van der Waals surface area contributed by atoms with Crippen LogP contribution in [0.25, 0.3) is 10.2 Å². The van der Waals surface area contributed by atoms with Gasteiger partial charge in [-0.25, -0.2) is 18.4 Å². The van der Waals surface area contributed by atoms with E-state index in [1.807, 2.05) is 0 Å². The van der Waals surface area contributed by atoms with E-state index in [9.17, 15) is 13.2 Å². The summed E-state index contributed by atoms with van der Waals surface area (Å²) in [6, 6.07) is -0.368. The first kappa shape index (κ1) is 22.0. The smallest absolute Gasteiger partial charge is 0.223 e. The van der Waals surface area contributed by atoms with Crippen LogP contribution >= 0.6 is 11.3 Å². The van der Waals surface area contributed by atoms with E-state index in [0.717, 1.165) is 67.9 Å². The van der Waals surface area contributed by atoms with E-state index >= 15 is 0 Å². The largest absolute Gasteiger partial charge is 0.356 e. The van der Waals surface area contributed by atoms with Crippen molar-refractivity contribution in [2.75, 3.05) is 42.6 Å². The molecule has 1 amide bonds. The van der Waals surface area contributed by atoms with Gasteiger partial charge >= 0.3 is 0 Å². The van der Waals surface area contributed by atoms with Crippen LogP contribution in [0.1, 0.15) is 36.1 Å². The molecule has 0 saturated carbocycles. The molecule has 5 rings (SSSR count). The zero-order chi connectivity index (χ0) is 22.5. The summed E-state index contributed by atoms with van der Waals surface area (Å²) in [4.78, 5) is 28.9. The summed E-state index contributed by atoms with van der Waals surface area (Å²) in [7, 11) is -3.10. The first-order valence-corrected chi connectivity index (χ1v) is 14.2. The Morgan fingerprint density at radius 1 is 1.09 bits per heavy atom. The molecule has 32 heavy (non-hydrogen) atoms. The number of hydrogen-bond acceptors (Lipinski definition) is 8. The Balaban J connectivity index is 1.24. The molecule has 3 saturated heterocycles. The molecule has 0 aromatic carbocycles. The molecule has 1 N–H and O–H groups in total. The van der Waals surface area contributed by atoms with Crippen LogP contribution in [-0.2, 0) is 14.6 Å². The number of carbonyl (C=O) groups excluding carboxylic acids is 1. The SMILES string of the molecule is Cc1sc2ncnc(N3CCC(C(=O)NC4CS(=O)(=O)CC4N4CCCC4)CC3)c2c1C. The minimum Gasteiger partial charge on any atom is -0.356 e. The number of amides is 1. The number of piperidine rings is 1. The minimum absolute atomic E-state index is 0.00587. The lowest BCUT2D eigenvalue weighted by Crippen LogP contribution is -2.52. The fourth-order valence-electron chi connectivity index (χ4n) is 5.46. The first-order chi connectivity index (χ1) is 15.3. The van der Waals surface area contributed by atoms with Gasteiger partial charge < -0.3 is 10.2 Å². The van der Waals surface area contributed by atoms with Crippen molar-refractivity contribution in [3.05, 3.63) is 16.8 Å². The highest BCUT2D eigenvalue weighted by molar-refractivity contribution is 7.91. The van der Waals surface area contributed by atoms with Crippen molar-refractivity contribution in [1.82, 2.24) is 20.2 Å². The number of carbonyl (C=O) groups is 1. The van der Waals surface area contributed by atoms with E-state index in [0.29, 0.717) is 0 Å². The molecule has 2 aromatic rings. The van der Waals surface area contributed by atoms with Crippen LogP contribution in [0.5, 0.6) is 0 Å². The quantitative estimate of drug-likeness (QED) is 0.719. The van der Waals surface area contributed by atoms with E-state index in [4.69, 9.17) is 0 Å². The highest BCUT2D eigenvalue weighted by Gasteiger charge is 2.43. The maximum Gasteiger partial charge on any atom is 0.223 e. The lowest BCUT2D eigenvalue weighted by molar-refractivity contribution is -0.126. The summed E-state index contributed by atoms with van der Waals surface area (Å²) < 4.78 is 24.6. The van der Waals surface area contributed by atoms with Crippen LogP contribution in [0.4, 0.5) is 5.82 Å². The third kappa shape index (κ3) is 4.12. The highest BCUT2D eigenvalue weighted by atomic mass is 32.2. The summed E-state index contributed by atoms with van der Waals surface area (Å²) in [5.74, 6) is 1.11.